The lowest BCUT2D eigenvalue weighted by atomic mass is 9.81. The van der Waals surface area contributed by atoms with Gasteiger partial charge in [-0.3, -0.25) is 15.8 Å². The lowest BCUT2D eigenvalue weighted by Gasteiger charge is -2.37. The Morgan fingerprint density at radius 3 is 2.85 bits per heavy atom. The van der Waals surface area contributed by atoms with Gasteiger partial charge >= 0.3 is 0 Å². The van der Waals surface area contributed by atoms with Crippen LogP contribution in [0.2, 0.25) is 0 Å². The molecule has 0 spiro atoms. The number of nitrogens with one attached hydrogen (secondary N) is 2. The van der Waals surface area contributed by atoms with Crippen LogP contribution in [-0.2, 0) is 6.54 Å². The fourth-order valence-corrected chi connectivity index (χ4v) is 4.66. The number of nitrogens with zero attached hydrogens (tertiary/aromatic N) is 3. The van der Waals surface area contributed by atoms with E-state index in [9.17, 15) is 4.39 Å². The maximum atomic E-state index is 13.3. The molecule has 3 heterocycles. The summed E-state index contributed by atoms with van der Waals surface area (Å²) in [5, 5.41) is 0. The third-order valence-corrected chi connectivity index (χ3v) is 6.04. The highest BCUT2D eigenvalue weighted by atomic mass is 19.1. The quantitative estimate of drug-likeness (QED) is 0.848. The van der Waals surface area contributed by atoms with Gasteiger partial charge in [0.25, 0.3) is 0 Å². The van der Waals surface area contributed by atoms with E-state index in [0.29, 0.717) is 23.9 Å². The summed E-state index contributed by atoms with van der Waals surface area (Å²) in [5.74, 6) is 1.94. The standard InChI is InChI=1S/C21H30FN5/c1-15(2)27-11-9-23-20(27)14-26-10-3-4-17(13-26)21-19(12-24-25-21)16-5-7-18(22)8-6-16/h5-9,11,15,17,19,21,24-25H,3-4,10,12-14H2,1-2H3. The van der Waals surface area contributed by atoms with E-state index in [-0.39, 0.29) is 5.82 Å². The van der Waals surface area contributed by atoms with E-state index in [1.54, 1.807) is 12.1 Å². The molecule has 2 fully saturated rings. The van der Waals surface area contributed by atoms with Crippen molar-refractivity contribution in [1.82, 2.24) is 25.3 Å². The highest BCUT2D eigenvalue weighted by Gasteiger charge is 2.36. The van der Waals surface area contributed by atoms with E-state index in [1.165, 1.54) is 18.4 Å². The summed E-state index contributed by atoms with van der Waals surface area (Å²) in [4.78, 5) is 7.12. The third kappa shape index (κ3) is 4.08. The number of aromatic nitrogens is 2. The molecular weight excluding hydrogens is 341 g/mol. The Hall–Kier alpha value is -1.76. The Bertz CT molecular complexity index is 741. The lowest BCUT2D eigenvalue weighted by Crippen LogP contribution is -2.46. The van der Waals surface area contributed by atoms with Crippen molar-refractivity contribution in [1.29, 1.82) is 0 Å². The predicted octanol–water partition coefficient (Wildman–Crippen LogP) is 3.08. The third-order valence-electron chi connectivity index (χ3n) is 6.04. The van der Waals surface area contributed by atoms with Gasteiger partial charge in [-0.1, -0.05) is 12.1 Å². The summed E-state index contributed by atoms with van der Waals surface area (Å²) in [6.45, 7) is 8.40. The second kappa shape index (κ2) is 8.09. The fourth-order valence-electron chi connectivity index (χ4n) is 4.66. The van der Waals surface area contributed by atoms with Gasteiger partial charge in [0.15, 0.2) is 0 Å². The molecular formula is C21H30FN5. The first kappa shape index (κ1) is 18.6. The van der Waals surface area contributed by atoms with Gasteiger partial charge < -0.3 is 4.57 Å². The minimum absolute atomic E-state index is 0.168. The van der Waals surface area contributed by atoms with Gasteiger partial charge in [0, 0.05) is 43.5 Å². The summed E-state index contributed by atoms with van der Waals surface area (Å²) < 4.78 is 15.6. The second-order valence-corrected chi connectivity index (χ2v) is 8.19. The first-order chi connectivity index (χ1) is 13.1. The molecule has 3 unspecified atom stereocenters. The highest BCUT2D eigenvalue weighted by Crippen LogP contribution is 2.32. The van der Waals surface area contributed by atoms with Crippen molar-refractivity contribution in [2.45, 2.75) is 51.2 Å². The molecule has 0 amide bonds. The topological polar surface area (TPSA) is 45.1 Å². The summed E-state index contributed by atoms with van der Waals surface area (Å²) >= 11 is 0. The van der Waals surface area contributed by atoms with E-state index in [4.69, 9.17) is 0 Å². The minimum atomic E-state index is -0.168. The number of rotatable bonds is 5. The van der Waals surface area contributed by atoms with Crippen molar-refractivity contribution < 1.29 is 4.39 Å². The van der Waals surface area contributed by atoms with Crippen LogP contribution in [0.25, 0.3) is 0 Å². The average Bonchev–Trinajstić information content (AvgIpc) is 3.32. The summed E-state index contributed by atoms with van der Waals surface area (Å²) in [7, 11) is 0. The molecule has 5 nitrogen and oxygen atoms in total. The fraction of sp³-hybridized carbons (Fsp3) is 0.571. The van der Waals surface area contributed by atoms with Crippen molar-refractivity contribution in [2.24, 2.45) is 5.92 Å². The van der Waals surface area contributed by atoms with Gasteiger partial charge in [0.05, 0.1) is 6.54 Å². The first-order valence-corrected chi connectivity index (χ1v) is 10.1. The van der Waals surface area contributed by atoms with E-state index >= 15 is 0 Å². The van der Waals surface area contributed by atoms with Crippen LogP contribution >= 0.6 is 0 Å². The predicted molar refractivity (Wildman–Crippen MR) is 105 cm³/mol. The zero-order chi connectivity index (χ0) is 18.8. The van der Waals surface area contributed by atoms with Gasteiger partial charge in [-0.25, -0.2) is 9.37 Å². The first-order valence-electron chi connectivity index (χ1n) is 10.1. The molecule has 1 aromatic carbocycles. The van der Waals surface area contributed by atoms with Crippen molar-refractivity contribution in [3.8, 4) is 0 Å². The number of imidazole rings is 1. The van der Waals surface area contributed by atoms with Crippen molar-refractivity contribution in [3.05, 3.63) is 53.9 Å². The molecule has 0 bridgehead atoms. The Labute approximate surface area is 160 Å². The van der Waals surface area contributed by atoms with E-state index < -0.39 is 0 Å². The number of benzene rings is 1. The smallest absolute Gasteiger partial charge is 0.123 e. The molecule has 0 aliphatic carbocycles. The number of halogens is 1. The molecule has 2 saturated heterocycles. The molecule has 6 heteroatoms. The van der Waals surface area contributed by atoms with Crippen molar-refractivity contribution in [2.75, 3.05) is 19.6 Å². The molecule has 2 aliphatic rings. The summed E-state index contributed by atoms with van der Waals surface area (Å²) in [6.07, 6.45) is 6.42. The Morgan fingerprint density at radius 1 is 1.26 bits per heavy atom. The summed E-state index contributed by atoms with van der Waals surface area (Å²) in [6, 6.07) is 7.83. The Balaban J connectivity index is 1.44. The zero-order valence-corrected chi connectivity index (χ0v) is 16.2. The van der Waals surface area contributed by atoms with Crippen LogP contribution in [0.1, 0.15) is 50.0 Å². The van der Waals surface area contributed by atoms with Crippen LogP contribution in [0.15, 0.2) is 36.7 Å². The Morgan fingerprint density at radius 2 is 2.07 bits per heavy atom. The lowest BCUT2D eigenvalue weighted by molar-refractivity contribution is 0.135. The monoisotopic (exact) mass is 371 g/mol. The van der Waals surface area contributed by atoms with Gasteiger partial charge in [-0.15, -0.1) is 0 Å². The number of likely N-dealkylation sites (tertiary alicyclic amines) is 1. The van der Waals surface area contributed by atoms with Crippen LogP contribution in [0.5, 0.6) is 0 Å². The Kier molecular flexibility index (Phi) is 5.57. The molecule has 146 valence electrons. The molecule has 0 saturated carbocycles. The molecule has 2 aliphatic heterocycles. The van der Waals surface area contributed by atoms with Crippen molar-refractivity contribution in [3.63, 3.8) is 0 Å². The second-order valence-electron chi connectivity index (χ2n) is 8.19. The van der Waals surface area contributed by atoms with E-state index in [1.807, 2.05) is 18.3 Å². The van der Waals surface area contributed by atoms with Crippen LogP contribution in [0, 0.1) is 11.7 Å². The van der Waals surface area contributed by atoms with Crippen LogP contribution < -0.4 is 10.9 Å². The van der Waals surface area contributed by atoms with Crippen molar-refractivity contribution >= 4 is 0 Å². The maximum Gasteiger partial charge on any atom is 0.123 e. The van der Waals surface area contributed by atoms with Gasteiger partial charge in [0.1, 0.15) is 11.6 Å². The van der Waals surface area contributed by atoms with Crippen LogP contribution in [0.4, 0.5) is 4.39 Å². The largest absolute Gasteiger partial charge is 0.331 e. The maximum absolute atomic E-state index is 13.3. The number of hydrogen-bond acceptors (Lipinski definition) is 4. The highest BCUT2D eigenvalue weighted by molar-refractivity contribution is 5.24. The molecule has 2 N–H and O–H groups in total. The van der Waals surface area contributed by atoms with Gasteiger partial charge in [0.2, 0.25) is 0 Å². The molecule has 0 radical (unpaired) electrons. The number of piperidine rings is 1. The summed E-state index contributed by atoms with van der Waals surface area (Å²) in [5.41, 5.74) is 8.06. The minimum Gasteiger partial charge on any atom is -0.331 e. The average molecular weight is 372 g/mol. The molecule has 4 rings (SSSR count). The molecule has 27 heavy (non-hydrogen) atoms. The van der Waals surface area contributed by atoms with Crippen LogP contribution in [-0.4, -0.2) is 40.1 Å². The zero-order valence-electron chi connectivity index (χ0n) is 16.2. The SMILES string of the molecule is CC(C)n1ccnc1CN1CCCC(C2NNCC2c2ccc(F)cc2)C1. The molecule has 1 aromatic heterocycles. The molecule has 3 atom stereocenters. The number of hydrogen-bond donors (Lipinski definition) is 2. The normalized spacial score (nSPS) is 26.7. The van der Waals surface area contributed by atoms with Gasteiger partial charge in [-0.2, -0.15) is 0 Å². The van der Waals surface area contributed by atoms with Crippen LogP contribution in [0.3, 0.4) is 0 Å². The van der Waals surface area contributed by atoms with Gasteiger partial charge in [-0.05, 0) is 56.8 Å². The number of hydrazine groups is 1. The molecule has 2 aromatic rings. The van der Waals surface area contributed by atoms with E-state index in [0.717, 1.165) is 32.0 Å². The van der Waals surface area contributed by atoms with E-state index in [2.05, 4.69) is 45.3 Å².